The molecule has 0 saturated carbocycles. The number of alkyl halides is 5. The number of hydrogen-bond donors (Lipinski definition) is 2. The lowest BCUT2D eigenvalue weighted by atomic mass is 10.0. The lowest BCUT2D eigenvalue weighted by Gasteiger charge is -2.19. The molecule has 0 bridgehead atoms. The van der Waals surface area contributed by atoms with Crippen molar-refractivity contribution < 1.29 is 41.6 Å². The molecule has 0 saturated heterocycles. The smallest absolute Gasteiger partial charge is 0.453 e. The second kappa shape index (κ2) is 13.0. The molecule has 0 radical (unpaired) electrons. The highest BCUT2D eigenvalue weighted by molar-refractivity contribution is 7.99. The Morgan fingerprint density at radius 2 is 1.45 bits per heavy atom. The Hall–Kier alpha value is -3.18. The maximum atomic E-state index is 12.9. The van der Waals surface area contributed by atoms with Gasteiger partial charge < -0.3 is 19.7 Å². The first-order valence-corrected chi connectivity index (χ1v) is 14.5. The molecule has 4 nitrogen and oxygen atoms in total. The van der Waals surface area contributed by atoms with Gasteiger partial charge in [-0.25, -0.2) is 0 Å². The average Bonchev–Trinajstić information content (AvgIpc) is 3.27. The molecule has 1 heterocycles. The first-order chi connectivity index (χ1) is 19.0. The number of hydrogen-bond acceptors (Lipinski definition) is 6. The minimum absolute atomic E-state index is 0.155. The van der Waals surface area contributed by atoms with E-state index >= 15 is 0 Å². The SMILES string of the molecule is Oc1ccc(-c2cc3sc(O)cc3cc2Oc2ccc(OCCCCSCCCC(F)(F)C(F)(F)F)cc2)cc1. The van der Waals surface area contributed by atoms with E-state index in [4.69, 9.17) is 9.47 Å². The van der Waals surface area contributed by atoms with Crippen molar-refractivity contribution in [1.82, 2.24) is 0 Å². The molecule has 3 aromatic carbocycles. The predicted molar refractivity (Wildman–Crippen MR) is 149 cm³/mol. The molecular weight excluding hydrogens is 571 g/mol. The predicted octanol–water partition coefficient (Wildman–Crippen LogP) is 9.64. The molecule has 0 spiro atoms. The number of phenols is 1. The summed E-state index contributed by atoms with van der Waals surface area (Å²) in [6.07, 6.45) is -5.40. The van der Waals surface area contributed by atoms with E-state index in [1.54, 1.807) is 54.6 Å². The molecule has 214 valence electrons. The summed E-state index contributed by atoms with van der Waals surface area (Å²) >= 11 is 2.62. The van der Waals surface area contributed by atoms with Crippen LogP contribution in [0.2, 0.25) is 0 Å². The van der Waals surface area contributed by atoms with Crippen LogP contribution in [0.25, 0.3) is 21.2 Å². The summed E-state index contributed by atoms with van der Waals surface area (Å²) in [6, 6.07) is 19.4. The van der Waals surface area contributed by atoms with Crippen LogP contribution in [0.3, 0.4) is 0 Å². The van der Waals surface area contributed by atoms with E-state index in [0.29, 0.717) is 36.0 Å². The molecule has 0 aliphatic heterocycles. The molecule has 11 heteroatoms. The number of halogens is 5. The van der Waals surface area contributed by atoms with E-state index in [-0.39, 0.29) is 23.0 Å². The van der Waals surface area contributed by atoms with Gasteiger partial charge in [-0.2, -0.15) is 33.7 Å². The fraction of sp³-hybridized carbons (Fsp3) is 0.310. The van der Waals surface area contributed by atoms with Gasteiger partial charge in [0.05, 0.1) is 6.61 Å². The van der Waals surface area contributed by atoms with Gasteiger partial charge in [0.15, 0.2) is 5.06 Å². The summed E-state index contributed by atoms with van der Waals surface area (Å²) in [5.74, 6) is -1.75. The number of aromatic hydroxyl groups is 2. The normalized spacial score (nSPS) is 12.1. The Balaban J connectivity index is 1.25. The van der Waals surface area contributed by atoms with Crippen LogP contribution in [-0.4, -0.2) is 40.4 Å². The van der Waals surface area contributed by atoms with Crippen molar-refractivity contribution >= 4 is 33.2 Å². The van der Waals surface area contributed by atoms with Crippen molar-refractivity contribution in [1.29, 1.82) is 0 Å². The number of phenolic OH excluding ortho intramolecular Hbond substituents is 1. The highest BCUT2D eigenvalue weighted by Crippen LogP contribution is 2.42. The number of rotatable bonds is 13. The third kappa shape index (κ3) is 7.94. The number of benzene rings is 3. The third-order valence-electron chi connectivity index (χ3n) is 5.98. The van der Waals surface area contributed by atoms with E-state index in [1.165, 1.54) is 23.1 Å². The molecule has 0 fully saturated rings. The van der Waals surface area contributed by atoms with Crippen LogP contribution in [0.15, 0.2) is 66.7 Å². The quantitative estimate of drug-likeness (QED) is 0.119. The standard InChI is InChI=1S/C29H27F5O4S2/c30-28(31,29(32,33)34)12-3-15-39-14-2-1-13-37-22-8-10-23(11-9-22)38-25-16-20-17-27(36)40-26(20)18-24(25)19-4-6-21(35)7-5-19/h4-11,16-18,35-36H,1-3,12-15H2. The first-order valence-electron chi connectivity index (χ1n) is 12.5. The van der Waals surface area contributed by atoms with Gasteiger partial charge in [-0.05, 0) is 90.9 Å². The number of thiophene rings is 1. The number of unbranched alkanes of at least 4 members (excludes halogenated alkanes) is 1. The van der Waals surface area contributed by atoms with E-state index < -0.39 is 18.5 Å². The molecule has 0 unspecified atom stereocenters. The van der Waals surface area contributed by atoms with Crippen LogP contribution < -0.4 is 9.47 Å². The minimum Gasteiger partial charge on any atom is -0.508 e. The average molecular weight is 599 g/mol. The number of ether oxygens (including phenoxy) is 2. The van der Waals surface area contributed by atoms with Gasteiger partial charge in [0, 0.05) is 22.1 Å². The topological polar surface area (TPSA) is 58.9 Å². The number of fused-ring (bicyclic) bond motifs is 1. The molecule has 0 aliphatic rings. The Morgan fingerprint density at radius 1 is 0.775 bits per heavy atom. The molecule has 2 N–H and O–H groups in total. The molecule has 4 rings (SSSR count). The Bertz CT molecular complexity index is 1390. The monoisotopic (exact) mass is 598 g/mol. The second-order valence-electron chi connectivity index (χ2n) is 9.06. The lowest BCUT2D eigenvalue weighted by Crippen LogP contribution is -2.36. The van der Waals surface area contributed by atoms with Crippen LogP contribution >= 0.6 is 23.1 Å². The Morgan fingerprint density at radius 3 is 2.15 bits per heavy atom. The molecule has 0 amide bonds. The minimum atomic E-state index is -5.49. The van der Waals surface area contributed by atoms with Gasteiger partial charge in [-0.3, -0.25) is 0 Å². The van der Waals surface area contributed by atoms with E-state index in [0.717, 1.165) is 27.6 Å². The molecule has 0 atom stereocenters. The van der Waals surface area contributed by atoms with Gasteiger partial charge in [-0.1, -0.05) is 23.5 Å². The van der Waals surface area contributed by atoms with Crippen molar-refractivity contribution in [2.24, 2.45) is 0 Å². The summed E-state index contributed by atoms with van der Waals surface area (Å²) < 4.78 is 75.1. The van der Waals surface area contributed by atoms with Crippen LogP contribution in [0.1, 0.15) is 25.7 Å². The van der Waals surface area contributed by atoms with E-state index in [1.807, 2.05) is 12.1 Å². The zero-order chi connectivity index (χ0) is 28.8. The van der Waals surface area contributed by atoms with Crippen LogP contribution in [0.4, 0.5) is 22.0 Å². The molecular formula is C29H27F5O4S2. The first kappa shape index (κ1) is 29.8. The zero-order valence-electron chi connectivity index (χ0n) is 21.2. The molecule has 40 heavy (non-hydrogen) atoms. The van der Waals surface area contributed by atoms with Gasteiger partial charge in [0.25, 0.3) is 0 Å². The summed E-state index contributed by atoms with van der Waals surface area (Å²) in [6.45, 7) is 0.441. The zero-order valence-corrected chi connectivity index (χ0v) is 22.9. The van der Waals surface area contributed by atoms with Gasteiger partial charge in [0.2, 0.25) is 0 Å². The van der Waals surface area contributed by atoms with E-state index in [2.05, 4.69) is 0 Å². The van der Waals surface area contributed by atoms with Gasteiger partial charge in [-0.15, -0.1) is 0 Å². The van der Waals surface area contributed by atoms with Crippen molar-refractivity contribution in [3.8, 4) is 39.2 Å². The van der Waals surface area contributed by atoms with Crippen molar-refractivity contribution in [2.75, 3.05) is 18.1 Å². The van der Waals surface area contributed by atoms with Crippen molar-refractivity contribution in [3.63, 3.8) is 0 Å². The highest BCUT2D eigenvalue weighted by Gasteiger charge is 2.56. The van der Waals surface area contributed by atoms with Crippen molar-refractivity contribution in [2.45, 2.75) is 37.8 Å². The summed E-state index contributed by atoms with van der Waals surface area (Å²) in [5.41, 5.74) is 1.65. The van der Waals surface area contributed by atoms with Crippen LogP contribution in [0.5, 0.6) is 28.1 Å². The molecule has 0 aliphatic carbocycles. The fourth-order valence-electron chi connectivity index (χ4n) is 3.87. The maximum Gasteiger partial charge on any atom is 0.453 e. The Kier molecular flexibility index (Phi) is 9.68. The van der Waals surface area contributed by atoms with E-state index in [9.17, 15) is 32.2 Å². The summed E-state index contributed by atoms with van der Waals surface area (Å²) in [7, 11) is 0. The van der Waals surface area contributed by atoms with Crippen molar-refractivity contribution in [3.05, 3.63) is 66.7 Å². The van der Waals surface area contributed by atoms with Gasteiger partial charge in [0.1, 0.15) is 23.0 Å². The number of thioether (sulfide) groups is 1. The lowest BCUT2D eigenvalue weighted by molar-refractivity contribution is -0.284. The summed E-state index contributed by atoms with van der Waals surface area (Å²) in [5, 5.41) is 20.6. The van der Waals surface area contributed by atoms with Gasteiger partial charge >= 0.3 is 12.1 Å². The second-order valence-corrected chi connectivity index (χ2v) is 11.4. The maximum absolute atomic E-state index is 12.9. The molecule has 4 aromatic rings. The largest absolute Gasteiger partial charge is 0.508 e. The summed E-state index contributed by atoms with van der Waals surface area (Å²) in [4.78, 5) is 0. The van der Waals surface area contributed by atoms with Crippen LogP contribution in [-0.2, 0) is 0 Å². The van der Waals surface area contributed by atoms with Crippen LogP contribution in [0, 0.1) is 0 Å². The molecule has 1 aromatic heterocycles. The Labute approximate surface area is 236 Å². The third-order valence-corrected chi connectivity index (χ3v) is 8.04. The highest BCUT2D eigenvalue weighted by atomic mass is 32.2. The fourth-order valence-corrected chi connectivity index (χ4v) is 5.65.